The van der Waals surface area contributed by atoms with Crippen molar-refractivity contribution in [1.82, 2.24) is 19.9 Å². The second kappa shape index (κ2) is 5.09. The van der Waals surface area contributed by atoms with E-state index in [-0.39, 0.29) is 5.28 Å². The highest BCUT2D eigenvalue weighted by atomic mass is 35.5. The van der Waals surface area contributed by atoms with Crippen LogP contribution in [-0.2, 0) is 0 Å². The monoisotopic (exact) mass is 287 g/mol. The second-order valence-corrected chi connectivity index (χ2v) is 4.84. The number of rotatable bonds is 3. The van der Waals surface area contributed by atoms with Crippen molar-refractivity contribution in [2.75, 3.05) is 11.4 Å². The molecule has 6 heteroatoms. The van der Waals surface area contributed by atoms with Crippen molar-refractivity contribution in [3.05, 3.63) is 41.4 Å². The number of H-pyrrole nitrogens is 1. The fourth-order valence-corrected chi connectivity index (χ4v) is 2.40. The van der Waals surface area contributed by atoms with Crippen molar-refractivity contribution in [1.29, 1.82) is 0 Å². The normalized spacial score (nSPS) is 10.9. The molecule has 0 fully saturated rings. The molecule has 0 bridgehead atoms. The zero-order valence-corrected chi connectivity index (χ0v) is 12.0. The van der Waals surface area contributed by atoms with E-state index >= 15 is 0 Å². The molecule has 0 aliphatic rings. The lowest BCUT2D eigenvalue weighted by Crippen LogP contribution is -2.18. The van der Waals surface area contributed by atoms with Crippen LogP contribution in [0.25, 0.3) is 11.2 Å². The van der Waals surface area contributed by atoms with E-state index in [2.05, 4.69) is 56.9 Å². The summed E-state index contributed by atoms with van der Waals surface area (Å²) in [6, 6.07) is 8.26. The van der Waals surface area contributed by atoms with Crippen LogP contribution in [0.4, 0.5) is 11.5 Å². The average molecular weight is 288 g/mol. The molecule has 0 aliphatic heterocycles. The topological polar surface area (TPSA) is 57.7 Å². The van der Waals surface area contributed by atoms with Gasteiger partial charge in [0.25, 0.3) is 0 Å². The summed E-state index contributed by atoms with van der Waals surface area (Å²) < 4.78 is 0. The van der Waals surface area contributed by atoms with Crippen LogP contribution in [0, 0.1) is 6.92 Å². The number of aryl methyl sites for hydroxylation is 1. The Morgan fingerprint density at radius 3 is 2.90 bits per heavy atom. The molecule has 2 heterocycles. The first-order valence-electron chi connectivity index (χ1n) is 6.40. The van der Waals surface area contributed by atoms with Gasteiger partial charge in [-0.25, -0.2) is 4.98 Å². The summed E-state index contributed by atoms with van der Waals surface area (Å²) in [5.41, 5.74) is 3.63. The van der Waals surface area contributed by atoms with Crippen LogP contribution in [0.1, 0.15) is 12.5 Å². The molecule has 5 nitrogen and oxygen atoms in total. The Labute approximate surface area is 121 Å². The molecule has 0 saturated heterocycles. The molecule has 0 radical (unpaired) electrons. The Balaban J connectivity index is 2.18. The maximum Gasteiger partial charge on any atom is 0.226 e. The summed E-state index contributed by atoms with van der Waals surface area (Å²) in [6.07, 6.45) is 1.60. The number of nitrogens with zero attached hydrogens (tertiary/aromatic N) is 4. The number of nitrogens with one attached hydrogen (secondary N) is 1. The largest absolute Gasteiger partial charge is 0.340 e. The highest BCUT2D eigenvalue weighted by Gasteiger charge is 2.16. The lowest BCUT2D eigenvalue weighted by Gasteiger charge is -2.22. The summed E-state index contributed by atoms with van der Waals surface area (Å²) in [7, 11) is 0. The van der Waals surface area contributed by atoms with Gasteiger partial charge in [-0.15, -0.1) is 0 Å². The van der Waals surface area contributed by atoms with Crippen molar-refractivity contribution in [2.45, 2.75) is 13.8 Å². The molecule has 0 saturated carbocycles. The summed E-state index contributed by atoms with van der Waals surface area (Å²) in [4.78, 5) is 17.8. The molecule has 1 N–H and O–H groups in total. The van der Waals surface area contributed by atoms with Crippen LogP contribution in [0.5, 0.6) is 0 Å². The molecular formula is C14H14ClN5. The van der Waals surface area contributed by atoms with Crippen LogP contribution in [0.2, 0.25) is 5.28 Å². The van der Waals surface area contributed by atoms with E-state index in [0.717, 1.165) is 23.6 Å². The highest BCUT2D eigenvalue weighted by Crippen LogP contribution is 2.29. The highest BCUT2D eigenvalue weighted by molar-refractivity contribution is 6.28. The van der Waals surface area contributed by atoms with E-state index in [1.807, 2.05) is 6.07 Å². The minimum atomic E-state index is 0.200. The van der Waals surface area contributed by atoms with Crippen molar-refractivity contribution in [2.24, 2.45) is 0 Å². The van der Waals surface area contributed by atoms with Gasteiger partial charge in [-0.05, 0) is 43.1 Å². The van der Waals surface area contributed by atoms with E-state index in [9.17, 15) is 0 Å². The predicted octanol–water partition coefficient (Wildman–Crippen LogP) is 3.47. The first-order valence-corrected chi connectivity index (χ1v) is 6.77. The van der Waals surface area contributed by atoms with Gasteiger partial charge >= 0.3 is 0 Å². The quantitative estimate of drug-likeness (QED) is 0.749. The van der Waals surface area contributed by atoms with Crippen LogP contribution in [0.3, 0.4) is 0 Å². The average Bonchev–Trinajstić information content (AvgIpc) is 2.87. The van der Waals surface area contributed by atoms with Crippen molar-refractivity contribution < 1.29 is 0 Å². The van der Waals surface area contributed by atoms with Gasteiger partial charge < -0.3 is 9.88 Å². The summed E-state index contributed by atoms with van der Waals surface area (Å²) >= 11 is 6.00. The van der Waals surface area contributed by atoms with Crippen LogP contribution >= 0.6 is 11.6 Å². The van der Waals surface area contributed by atoms with Gasteiger partial charge in [0.1, 0.15) is 5.52 Å². The number of aromatic nitrogens is 4. The third-order valence-electron chi connectivity index (χ3n) is 3.12. The smallest absolute Gasteiger partial charge is 0.226 e. The lowest BCUT2D eigenvalue weighted by atomic mass is 10.2. The molecule has 0 aliphatic carbocycles. The first kappa shape index (κ1) is 12.9. The van der Waals surface area contributed by atoms with Gasteiger partial charge in [-0.1, -0.05) is 12.1 Å². The third kappa shape index (κ3) is 2.20. The van der Waals surface area contributed by atoms with Gasteiger partial charge in [-0.2, -0.15) is 9.97 Å². The fraction of sp³-hybridized carbons (Fsp3) is 0.214. The van der Waals surface area contributed by atoms with Crippen molar-refractivity contribution in [3.63, 3.8) is 0 Å². The number of hydrogen-bond acceptors (Lipinski definition) is 4. The van der Waals surface area contributed by atoms with E-state index in [0.29, 0.717) is 5.65 Å². The van der Waals surface area contributed by atoms with Crippen LogP contribution in [0.15, 0.2) is 30.6 Å². The molecule has 3 aromatic rings. The first-order chi connectivity index (χ1) is 9.69. The van der Waals surface area contributed by atoms with E-state index < -0.39 is 0 Å². The molecule has 2 aromatic heterocycles. The van der Waals surface area contributed by atoms with Gasteiger partial charge in [-0.3, -0.25) is 0 Å². The second-order valence-electron chi connectivity index (χ2n) is 4.50. The zero-order chi connectivity index (χ0) is 14.1. The predicted molar refractivity (Wildman–Crippen MR) is 80.6 cm³/mol. The number of fused-ring (bicyclic) bond motifs is 1. The van der Waals surface area contributed by atoms with E-state index in [4.69, 9.17) is 11.6 Å². The van der Waals surface area contributed by atoms with Crippen molar-refractivity contribution in [3.8, 4) is 0 Å². The number of anilines is 2. The lowest BCUT2D eigenvalue weighted by molar-refractivity contribution is 0.985. The fourth-order valence-electron chi connectivity index (χ4n) is 2.24. The Bertz CT molecular complexity index is 752. The van der Waals surface area contributed by atoms with E-state index in [1.165, 1.54) is 5.56 Å². The third-order valence-corrected chi connectivity index (χ3v) is 3.29. The Kier molecular flexibility index (Phi) is 3.28. The Morgan fingerprint density at radius 2 is 2.15 bits per heavy atom. The minimum Gasteiger partial charge on any atom is -0.340 e. The molecule has 3 rings (SSSR count). The van der Waals surface area contributed by atoms with Crippen LogP contribution < -0.4 is 4.90 Å². The van der Waals surface area contributed by atoms with Crippen molar-refractivity contribution >= 4 is 34.3 Å². The molecule has 0 spiro atoms. The molecule has 0 unspecified atom stereocenters. The maximum atomic E-state index is 6.00. The van der Waals surface area contributed by atoms with Gasteiger partial charge in [0, 0.05) is 12.2 Å². The van der Waals surface area contributed by atoms with Gasteiger partial charge in [0.05, 0.1) is 6.33 Å². The number of benzene rings is 1. The summed E-state index contributed by atoms with van der Waals surface area (Å²) in [5, 5.41) is 0.200. The van der Waals surface area contributed by atoms with E-state index in [1.54, 1.807) is 6.33 Å². The van der Waals surface area contributed by atoms with Crippen LogP contribution in [-0.4, -0.2) is 26.5 Å². The molecule has 0 amide bonds. The molecule has 0 atom stereocenters. The minimum absolute atomic E-state index is 0.200. The maximum absolute atomic E-state index is 6.00. The van der Waals surface area contributed by atoms with Gasteiger partial charge in [0.2, 0.25) is 5.28 Å². The number of aromatic amines is 1. The van der Waals surface area contributed by atoms with Gasteiger partial charge in [0.15, 0.2) is 11.5 Å². The molecule has 1 aromatic carbocycles. The zero-order valence-electron chi connectivity index (χ0n) is 11.3. The summed E-state index contributed by atoms with van der Waals surface area (Å²) in [5.74, 6) is 0.741. The molecule has 20 heavy (non-hydrogen) atoms. The number of hydrogen-bond donors (Lipinski definition) is 1. The molecular weight excluding hydrogens is 274 g/mol. The molecule has 102 valence electrons. The number of imidazole rings is 1. The summed E-state index contributed by atoms with van der Waals surface area (Å²) in [6.45, 7) is 4.90. The Morgan fingerprint density at radius 1 is 1.30 bits per heavy atom. The SMILES string of the molecule is CCN(c1cccc(C)c1)c1nc(Cl)nc2nc[nH]c12. The number of halogens is 1. The standard InChI is InChI=1S/C14H14ClN5/c1-3-20(10-6-4-5-9(2)7-10)13-11-12(17-8-16-11)18-14(15)19-13/h4-8H,3H2,1-2H3,(H,16,17,18,19). The Hall–Kier alpha value is -2.14.